The normalized spacial score (nSPS) is 9.84. The first kappa shape index (κ1) is 15.2. The Morgan fingerprint density at radius 3 is 2.53 bits per heavy atom. The summed E-state index contributed by atoms with van der Waals surface area (Å²) in [4.78, 5) is 35.9. The molecular weight excluding hydrogens is 268 g/mol. The van der Waals surface area contributed by atoms with E-state index in [4.69, 9.17) is 4.74 Å². The quantitative estimate of drug-likeness (QED) is 0.818. The molecule has 0 radical (unpaired) electrons. The van der Waals surface area contributed by atoms with Crippen molar-refractivity contribution in [2.75, 3.05) is 13.2 Å². The molecule has 1 aromatic heterocycles. The van der Waals surface area contributed by atoms with Crippen LogP contribution in [0.3, 0.4) is 0 Å². The molecule has 0 aromatic carbocycles. The van der Waals surface area contributed by atoms with Crippen LogP contribution in [0.1, 0.15) is 27.0 Å². The summed E-state index contributed by atoms with van der Waals surface area (Å²) in [6.45, 7) is 5.35. The summed E-state index contributed by atoms with van der Waals surface area (Å²) in [5, 5.41) is 4.44. The van der Waals surface area contributed by atoms with Crippen molar-refractivity contribution in [2.45, 2.75) is 20.8 Å². The van der Waals surface area contributed by atoms with Crippen LogP contribution in [0, 0.1) is 13.8 Å². The molecule has 104 valence electrons. The lowest BCUT2D eigenvalue weighted by Gasteiger charge is -2.05. The zero-order chi connectivity index (χ0) is 14.4. The summed E-state index contributed by atoms with van der Waals surface area (Å²) < 4.78 is 4.84. The monoisotopic (exact) mass is 284 g/mol. The van der Waals surface area contributed by atoms with Crippen molar-refractivity contribution in [3.05, 3.63) is 21.4 Å². The Hall–Kier alpha value is -1.89. The van der Waals surface area contributed by atoms with Crippen molar-refractivity contribution in [3.8, 4) is 0 Å². The SMILES string of the molecule is CCNC(=O)NC(=O)COC(=O)c1cc(C)sc1C. The third-order valence-electron chi connectivity index (χ3n) is 2.19. The Morgan fingerprint density at radius 1 is 1.32 bits per heavy atom. The van der Waals surface area contributed by atoms with Gasteiger partial charge in [-0.1, -0.05) is 0 Å². The van der Waals surface area contributed by atoms with Crippen LogP contribution in [-0.4, -0.2) is 31.1 Å². The number of imide groups is 1. The lowest BCUT2D eigenvalue weighted by Crippen LogP contribution is -2.41. The number of thiophene rings is 1. The van der Waals surface area contributed by atoms with E-state index in [-0.39, 0.29) is 0 Å². The summed E-state index contributed by atoms with van der Waals surface area (Å²) in [5.41, 5.74) is 0.452. The highest BCUT2D eigenvalue weighted by molar-refractivity contribution is 7.12. The maximum Gasteiger partial charge on any atom is 0.339 e. The number of urea groups is 1. The van der Waals surface area contributed by atoms with Gasteiger partial charge in [0.2, 0.25) is 0 Å². The first-order chi connectivity index (χ1) is 8.93. The fourth-order valence-corrected chi connectivity index (χ4v) is 2.32. The van der Waals surface area contributed by atoms with E-state index in [0.717, 1.165) is 9.75 Å². The van der Waals surface area contributed by atoms with E-state index < -0.39 is 24.5 Å². The van der Waals surface area contributed by atoms with Crippen molar-refractivity contribution in [3.63, 3.8) is 0 Å². The molecule has 0 saturated heterocycles. The molecule has 0 fully saturated rings. The van der Waals surface area contributed by atoms with Crippen LogP contribution in [0.5, 0.6) is 0 Å². The molecule has 1 rings (SSSR count). The van der Waals surface area contributed by atoms with E-state index in [0.29, 0.717) is 12.1 Å². The van der Waals surface area contributed by atoms with Gasteiger partial charge in [-0.3, -0.25) is 10.1 Å². The second-order valence-electron chi connectivity index (χ2n) is 3.81. The highest BCUT2D eigenvalue weighted by atomic mass is 32.1. The van der Waals surface area contributed by atoms with Crippen LogP contribution in [0.15, 0.2) is 6.07 Å². The largest absolute Gasteiger partial charge is 0.452 e. The molecule has 6 nitrogen and oxygen atoms in total. The second kappa shape index (κ2) is 6.89. The van der Waals surface area contributed by atoms with Crippen molar-refractivity contribution in [2.24, 2.45) is 0 Å². The summed E-state index contributed by atoms with van der Waals surface area (Å²) in [7, 11) is 0. The van der Waals surface area contributed by atoms with Gasteiger partial charge in [0.1, 0.15) is 0 Å². The number of hydrogen-bond acceptors (Lipinski definition) is 5. The highest BCUT2D eigenvalue weighted by Crippen LogP contribution is 2.21. The molecule has 0 aliphatic carbocycles. The minimum absolute atomic E-state index is 0.409. The van der Waals surface area contributed by atoms with E-state index in [1.807, 2.05) is 19.2 Å². The van der Waals surface area contributed by atoms with Crippen molar-refractivity contribution >= 4 is 29.2 Å². The maximum absolute atomic E-state index is 11.7. The Bertz CT molecular complexity index is 496. The predicted octanol–water partition coefficient (Wildman–Crippen LogP) is 1.37. The second-order valence-corrected chi connectivity index (χ2v) is 5.27. The van der Waals surface area contributed by atoms with E-state index in [2.05, 4.69) is 5.32 Å². The molecule has 0 bridgehead atoms. The van der Waals surface area contributed by atoms with Gasteiger partial charge >= 0.3 is 12.0 Å². The third-order valence-corrected chi connectivity index (χ3v) is 3.15. The highest BCUT2D eigenvalue weighted by Gasteiger charge is 2.15. The van der Waals surface area contributed by atoms with Gasteiger partial charge in [0.25, 0.3) is 5.91 Å². The Morgan fingerprint density at radius 2 is 2.00 bits per heavy atom. The average Bonchev–Trinajstić information content (AvgIpc) is 2.65. The van der Waals surface area contributed by atoms with E-state index in [9.17, 15) is 14.4 Å². The van der Waals surface area contributed by atoms with Gasteiger partial charge in [0, 0.05) is 16.3 Å². The minimum atomic E-state index is -0.663. The maximum atomic E-state index is 11.7. The van der Waals surface area contributed by atoms with Gasteiger partial charge < -0.3 is 10.1 Å². The number of aryl methyl sites for hydroxylation is 2. The number of rotatable bonds is 4. The predicted molar refractivity (Wildman–Crippen MR) is 71.3 cm³/mol. The number of amides is 3. The topological polar surface area (TPSA) is 84.5 Å². The summed E-state index contributed by atoms with van der Waals surface area (Å²) in [5.74, 6) is -1.23. The number of ether oxygens (including phenoxy) is 1. The summed E-state index contributed by atoms with van der Waals surface area (Å²) >= 11 is 1.48. The lowest BCUT2D eigenvalue weighted by molar-refractivity contribution is -0.123. The number of esters is 1. The summed E-state index contributed by atoms with van der Waals surface area (Å²) in [6.07, 6.45) is 0. The number of carbonyl (C=O) groups excluding carboxylic acids is 3. The molecule has 0 saturated carbocycles. The van der Waals surface area contributed by atoms with Crippen molar-refractivity contribution in [1.29, 1.82) is 0 Å². The molecule has 0 unspecified atom stereocenters. The molecule has 19 heavy (non-hydrogen) atoms. The molecule has 1 heterocycles. The Kier molecular flexibility index (Phi) is 5.50. The van der Waals surface area contributed by atoms with Crippen LogP contribution in [-0.2, 0) is 9.53 Å². The molecule has 0 aliphatic heterocycles. The van der Waals surface area contributed by atoms with E-state index in [1.165, 1.54) is 11.3 Å². The average molecular weight is 284 g/mol. The molecule has 3 amide bonds. The first-order valence-corrected chi connectivity index (χ1v) is 6.57. The van der Waals surface area contributed by atoms with Crippen molar-refractivity contribution < 1.29 is 19.1 Å². The molecule has 1 aromatic rings. The van der Waals surface area contributed by atoms with Gasteiger partial charge in [-0.05, 0) is 26.8 Å². The van der Waals surface area contributed by atoms with E-state index in [1.54, 1.807) is 13.0 Å². The van der Waals surface area contributed by atoms with Crippen LogP contribution >= 0.6 is 11.3 Å². The van der Waals surface area contributed by atoms with Gasteiger partial charge in [0.05, 0.1) is 5.56 Å². The van der Waals surface area contributed by atoms with Crippen molar-refractivity contribution in [1.82, 2.24) is 10.6 Å². The zero-order valence-corrected chi connectivity index (χ0v) is 11.8. The number of carbonyl (C=O) groups is 3. The smallest absolute Gasteiger partial charge is 0.339 e. The van der Waals surface area contributed by atoms with Crippen LogP contribution in [0.25, 0.3) is 0 Å². The Balaban J connectivity index is 2.44. The van der Waals surface area contributed by atoms with Gasteiger partial charge in [0.15, 0.2) is 6.61 Å². The minimum Gasteiger partial charge on any atom is -0.452 e. The molecule has 7 heteroatoms. The first-order valence-electron chi connectivity index (χ1n) is 5.75. The molecule has 0 spiro atoms. The van der Waals surface area contributed by atoms with Crippen LogP contribution in [0.4, 0.5) is 4.79 Å². The van der Waals surface area contributed by atoms with Crippen LogP contribution in [0.2, 0.25) is 0 Å². The Labute approximate surface area is 115 Å². The van der Waals surface area contributed by atoms with Gasteiger partial charge in [-0.2, -0.15) is 0 Å². The molecule has 2 N–H and O–H groups in total. The fraction of sp³-hybridized carbons (Fsp3) is 0.417. The molecule has 0 aliphatic rings. The fourth-order valence-electron chi connectivity index (χ4n) is 1.41. The van der Waals surface area contributed by atoms with Crippen LogP contribution < -0.4 is 10.6 Å². The summed E-state index contributed by atoms with van der Waals surface area (Å²) in [6, 6.07) is 1.11. The third kappa shape index (κ3) is 4.70. The molecule has 0 atom stereocenters. The van der Waals surface area contributed by atoms with E-state index >= 15 is 0 Å². The van der Waals surface area contributed by atoms with Gasteiger partial charge in [-0.25, -0.2) is 9.59 Å². The number of hydrogen-bond donors (Lipinski definition) is 2. The lowest BCUT2D eigenvalue weighted by atomic mass is 10.2. The number of nitrogens with one attached hydrogen (secondary N) is 2. The zero-order valence-electron chi connectivity index (χ0n) is 11.0. The van der Waals surface area contributed by atoms with Gasteiger partial charge in [-0.15, -0.1) is 11.3 Å². The standard InChI is InChI=1S/C12H16N2O4S/c1-4-13-12(17)14-10(15)6-18-11(16)9-5-7(2)19-8(9)3/h5H,4,6H2,1-3H3,(H2,13,14,15,17). The molecular formula is C12H16N2O4S.